The summed E-state index contributed by atoms with van der Waals surface area (Å²) in [7, 11) is 1.40. The van der Waals surface area contributed by atoms with Crippen LogP contribution in [-0.4, -0.2) is 34.1 Å². The maximum atomic E-state index is 11.7. The third kappa shape index (κ3) is 4.76. The summed E-state index contributed by atoms with van der Waals surface area (Å²) >= 11 is 7.26. The van der Waals surface area contributed by atoms with Gasteiger partial charge in [0.25, 0.3) is 0 Å². The molecule has 7 heteroatoms. The quantitative estimate of drug-likeness (QED) is 0.726. The van der Waals surface area contributed by atoms with Crippen molar-refractivity contribution < 1.29 is 9.53 Å². The standard InChI is InChI=1S/C15H18ClN3O2S/c1-11(15(20)21-2)8-19(9-12-6-4-3-5-7-12)10-13-14(16)22-18-17-13/h3-7,11H,8-10H2,1-2H3/t11-/m1/s1. The third-order valence-corrected chi connectivity index (χ3v) is 4.25. The fourth-order valence-electron chi connectivity index (χ4n) is 2.19. The van der Waals surface area contributed by atoms with E-state index < -0.39 is 0 Å². The summed E-state index contributed by atoms with van der Waals surface area (Å²) < 4.78 is 9.24. The minimum Gasteiger partial charge on any atom is -0.469 e. The Morgan fingerprint density at radius 3 is 2.68 bits per heavy atom. The second-order valence-corrected chi connectivity index (χ2v) is 6.43. The number of nitrogens with zero attached hydrogens (tertiary/aromatic N) is 3. The Bertz CT molecular complexity index is 606. The highest BCUT2D eigenvalue weighted by atomic mass is 35.5. The number of halogens is 1. The van der Waals surface area contributed by atoms with Gasteiger partial charge < -0.3 is 4.74 Å². The van der Waals surface area contributed by atoms with Gasteiger partial charge in [0.1, 0.15) is 10.0 Å². The van der Waals surface area contributed by atoms with E-state index >= 15 is 0 Å². The largest absolute Gasteiger partial charge is 0.469 e. The van der Waals surface area contributed by atoms with Crippen LogP contribution in [0.4, 0.5) is 0 Å². The van der Waals surface area contributed by atoms with Gasteiger partial charge in [-0.05, 0) is 5.56 Å². The molecule has 1 atom stereocenters. The van der Waals surface area contributed by atoms with Crippen molar-refractivity contribution in [2.45, 2.75) is 20.0 Å². The summed E-state index contributed by atoms with van der Waals surface area (Å²) in [6.45, 7) is 3.67. The van der Waals surface area contributed by atoms with Crippen LogP contribution < -0.4 is 0 Å². The van der Waals surface area contributed by atoms with E-state index in [9.17, 15) is 4.79 Å². The molecule has 22 heavy (non-hydrogen) atoms. The molecule has 0 bridgehead atoms. The zero-order valence-corrected chi connectivity index (χ0v) is 14.1. The summed E-state index contributed by atoms with van der Waals surface area (Å²) in [5.41, 5.74) is 1.90. The molecular weight excluding hydrogens is 322 g/mol. The molecule has 0 spiro atoms. The summed E-state index contributed by atoms with van der Waals surface area (Å²) in [5, 5.41) is 4.05. The Morgan fingerprint density at radius 2 is 2.09 bits per heavy atom. The first kappa shape index (κ1) is 16.9. The van der Waals surface area contributed by atoms with Crippen LogP contribution >= 0.6 is 23.1 Å². The van der Waals surface area contributed by atoms with Gasteiger partial charge in [0.05, 0.1) is 13.0 Å². The molecular formula is C15H18ClN3O2S. The van der Waals surface area contributed by atoms with E-state index in [1.165, 1.54) is 24.2 Å². The van der Waals surface area contributed by atoms with Crippen molar-refractivity contribution >= 4 is 29.1 Å². The highest BCUT2D eigenvalue weighted by molar-refractivity contribution is 7.10. The molecule has 1 heterocycles. The van der Waals surface area contributed by atoms with E-state index in [1.54, 1.807) is 0 Å². The molecule has 0 amide bonds. The molecule has 0 fully saturated rings. The summed E-state index contributed by atoms with van der Waals surface area (Å²) in [6.07, 6.45) is 0. The Morgan fingerprint density at radius 1 is 1.36 bits per heavy atom. The molecule has 0 N–H and O–H groups in total. The highest BCUT2D eigenvalue weighted by Crippen LogP contribution is 2.20. The molecule has 0 saturated heterocycles. The van der Waals surface area contributed by atoms with Crippen LogP contribution in [-0.2, 0) is 22.6 Å². The van der Waals surface area contributed by atoms with Crippen molar-refractivity contribution in [3.8, 4) is 0 Å². The number of carbonyl (C=O) groups is 1. The van der Waals surface area contributed by atoms with Gasteiger partial charge in [-0.3, -0.25) is 9.69 Å². The minimum absolute atomic E-state index is 0.222. The number of rotatable bonds is 7. The second kappa shape index (κ2) is 8.22. The second-order valence-electron chi connectivity index (χ2n) is 5.07. The lowest BCUT2D eigenvalue weighted by molar-refractivity contribution is -0.145. The van der Waals surface area contributed by atoms with Crippen LogP contribution in [0.3, 0.4) is 0 Å². The SMILES string of the molecule is COC(=O)[C@H](C)CN(Cc1ccccc1)Cc1nnsc1Cl. The lowest BCUT2D eigenvalue weighted by atomic mass is 10.1. The van der Waals surface area contributed by atoms with Gasteiger partial charge in [-0.2, -0.15) is 0 Å². The van der Waals surface area contributed by atoms with E-state index in [0.717, 1.165) is 5.69 Å². The van der Waals surface area contributed by atoms with E-state index in [0.29, 0.717) is 24.0 Å². The van der Waals surface area contributed by atoms with Crippen LogP contribution in [0.1, 0.15) is 18.2 Å². The first-order valence-electron chi connectivity index (χ1n) is 6.91. The zero-order chi connectivity index (χ0) is 15.9. The van der Waals surface area contributed by atoms with Gasteiger partial charge in [-0.1, -0.05) is 53.3 Å². The van der Waals surface area contributed by atoms with E-state index in [1.807, 2.05) is 25.1 Å². The van der Waals surface area contributed by atoms with Crippen LogP contribution in [0, 0.1) is 5.92 Å². The molecule has 1 aromatic carbocycles. The molecule has 118 valence electrons. The van der Waals surface area contributed by atoms with E-state index in [-0.39, 0.29) is 11.9 Å². The molecule has 2 rings (SSSR count). The molecule has 0 aliphatic carbocycles. The molecule has 5 nitrogen and oxygen atoms in total. The van der Waals surface area contributed by atoms with Crippen molar-refractivity contribution in [1.82, 2.24) is 14.5 Å². The van der Waals surface area contributed by atoms with Gasteiger partial charge in [0, 0.05) is 31.2 Å². The Hall–Kier alpha value is -1.50. The maximum absolute atomic E-state index is 11.7. The molecule has 1 aromatic heterocycles. The van der Waals surface area contributed by atoms with Crippen LogP contribution in [0.5, 0.6) is 0 Å². The van der Waals surface area contributed by atoms with E-state index in [2.05, 4.69) is 26.6 Å². The number of esters is 1. The van der Waals surface area contributed by atoms with Crippen LogP contribution in [0.2, 0.25) is 4.34 Å². The molecule has 0 radical (unpaired) electrons. The topological polar surface area (TPSA) is 55.3 Å². The van der Waals surface area contributed by atoms with Crippen molar-refractivity contribution in [3.63, 3.8) is 0 Å². The number of hydrogen-bond acceptors (Lipinski definition) is 6. The summed E-state index contributed by atoms with van der Waals surface area (Å²) in [4.78, 5) is 13.8. The van der Waals surface area contributed by atoms with Crippen molar-refractivity contribution in [3.05, 3.63) is 45.9 Å². The van der Waals surface area contributed by atoms with Crippen LogP contribution in [0.15, 0.2) is 30.3 Å². The number of benzene rings is 1. The number of carbonyl (C=O) groups excluding carboxylic acids is 1. The lowest BCUT2D eigenvalue weighted by Crippen LogP contribution is -2.32. The number of hydrogen-bond donors (Lipinski definition) is 0. The number of methoxy groups -OCH3 is 1. The molecule has 0 saturated carbocycles. The van der Waals surface area contributed by atoms with Gasteiger partial charge in [0.15, 0.2) is 0 Å². The Labute approximate surface area is 139 Å². The van der Waals surface area contributed by atoms with Gasteiger partial charge in [0.2, 0.25) is 0 Å². The monoisotopic (exact) mass is 339 g/mol. The molecule has 2 aromatic rings. The van der Waals surface area contributed by atoms with E-state index in [4.69, 9.17) is 16.3 Å². The minimum atomic E-state index is -0.223. The van der Waals surface area contributed by atoms with Crippen molar-refractivity contribution in [2.24, 2.45) is 5.92 Å². The van der Waals surface area contributed by atoms with Gasteiger partial charge in [-0.25, -0.2) is 0 Å². The van der Waals surface area contributed by atoms with Crippen LogP contribution in [0.25, 0.3) is 0 Å². The molecule has 0 aliphatic rings. The smallest absolute Gasteiger partial charge is 0.309 e. The average Bonchev–Trinajstić information content (AvgIpc) is 2.92. The zero-order valence-electron chi connectivity index (χ0n) is 12.5. The maximum Gasteiger partial charge on any atom is 0.309 e. The first-order chi connectivity index (χ1) is 10.6. The predicted octanol–water partition coefficient (Wildman–Crippen LogP) is 3.00. The first-order valence-corrected chi connectivity index (χ1v) is 8.06. The fraction of sp³-hybridized carbons (Fsp3) is 0.400. The summed E-state index contributed by atoms with van der Waals surface area (Å²) in [5.74, 6) is -0.445. The predicted molar refractivity (Wildman–Crippen MR) is 86.7 cm³/mol. The van der Waals surface area contributed by atoms with Crippen molar-refractivity contribution in [1.29, 1.82) is 0 Å². The van der Waals surface area contributed by atoms with Gasteiger partial charge in [-0.15, -0.1) is 5.10 Å². The number of ether oxygens (including phenoxy) is 1. The highest BCUT2D eigenvalue weighted by Gasteiger charge is 2.20. The molecule has 0 unspecified atom stereocenters. The van der Waals surface area contributed by atoms with Gasteiger partial charge >= 0.3 is 5.97 Å². The number of aromatic nitrogens is 2. The van der Waals surface area contributed by atoms with Crippen molar-refractivity contribution in [2.75, 3.05) is 13.7 Å². The fourth-order valence-corrected chi connectivity index (χ4v) is 2.80. The lowest BCUT2D eigenvalue weighted by Gasteiger charge is -2.24. The normalized spacial score (nSPS) is 12.4. The average molecular weight is 340 g/mol. The molecule has 0 aliphatic heterocycles. The Kier molecular flexibility index (Phi) is 6.30. The Balaban J connectivity index is 2.09. The summed E-state index contributed by atoms with van der Waals surface area (Å²) in [6, 6.07) is 10.1. The third-order valence-electron chi connectivity index (χ3n) is 3.27.